The van der Waals surface area contributed by atoms with Gasteiger partial charge in [-0.3, -0.25) is 0 Å². The van der Waals surface area contributed by atoms with Crippen LogP contribution in [0.25, 0.3) is 0 Å². The van der Waals surface area contributed by atoms with Crippen molar-refractivity contribution in [3.05, 3.63) is 35.6 Å². The largest absolute Gasteiger partial charge is 0.379 e. The van der Waals surface area contributed by atoms with Gasteiger partial charge in [0.05, 0.1) is 19.3 Å². The van der Waals surface area contributed by atoms with Crippen LogP contribution in [0.15, 0.2) is 24.3 Å². The van der Waals surface area contributed by atoms with E-state index >= 15 is 0 Å². The van der Waals surface area contributed by atoms with Crippen LogP contribution in [-0.2, 0) is 9.47 Å². The Balaban J connectivity index is 2.60. The second-order valence-electron chi connectivity index (χ2n) is 4.64. The fourth-order valence-corrected chi connectivity index (χ4v) is 1.73. The normalized spacial score (nSPS) is 12.9. The first-order valence-electron chi connectivity index (χ1n) is 6.82. The summed E-state index contributed by atoms with van der Waals surface area (Å²) in [5.74, 6) is -0.227. The second-order valence-corrected chi connectivity index (χ2v) is 4.64. The van der Waals surface area contributed by atoms with E-state index in [1.165, 1.54) is 6.07 Å². The third kappa shape index (κ3) is 6.14. The van der Waals surface area contributed by atoms with E-state index in [4.69, 9.17) is 9.47 Å². The Kier molecular flexibility index (Phi) is 7.63. The van der Waals surface area contributed by atoms with Gasteiger partial charge in [-0.1, -0.05) is 32.0 Å². The highest BCUT2D eigenvalue weighted by Crippen LogP contribution is 2.20. The standard InChI is InChI=1S/C15H24FNO2/c1-4-18-9-10-19-15(11-17-12(2)3)13-7-5-6-8-14(13)16/h5-8,12,15,17H,4,9-11H2,1-3H3. The molecule has 108 valence electrons. The maximum atomic E-state index is 13.8. The minimum Gasteiger partial charge on any atom is -0.379 e. The van der Waals surface area contributed by atoms with Crippen LogP contribution in [0.2, 0.25) is 0 Å². The number of nitrogens with one attached hydrogen (secondary N) is 1. The number of halogens is 1. The zero-order valence-electron chi connectivity index (χ0n) is 12.0. The monoisotopic (exact) mass is 269 g/mol. The molecule has 0 aromatic heterocycles. The van der Waals surface area contributed by atoms with Crippen LogP contribution < -0.4 is 5.32 Å². The molecule has 1 aromatic rings. The minimum absolute atomic E-state index is 0.227. The summed E-state index contributed by atoms with van der Waals surface area (Å²) in [4.78, 5) is 0. The van der Waals surface area contributed by atoms with Gasteiger partial charge in [0.2, 0.25) is 0 Å². The predicted molar refractivity (Wildman–Crippen MR) is 74.7 cm³/mol. The molecular weight excluding hydrogens is 245 g/mol. The number of rotatable bonds is 9. The van der Waals surface area contributed by atoms with Crippen molar-refractivity contribution in [1.82, 2.24) is 5.32 Å². The van der Waals surface area contributed by atoms with Crippen LogP contribution in [0.4, 0.5) is 4.39 Å². The van der Waals surface area contributed by atoms with Gasteiger partial charge in [-0.25, -0.2) is 4.39 Å². The van der Waals surface area contributed by atoms with E-state index in [9.17, 15) is 4.39 Å². The highest BCUT2D eigenvalue weighted by atomic mass is 19.1. The molecule has 1 rings (SSSR count). The zero-order chi connectivity index (χ0) is 14.1. The molecule has 0 heterocycles. The fraction of sp³-hybridized carbons (Fsp3) is 0.600. The maximum Gasteiger partial charge on any atom is 0.129 e. The molecule has 0 aliphatic heterocycles. The van der Waals surface area contributed by atoms with E-state index in [1.807, 2.05) is 13.0 Å². The summed E-state index contributed by atoms with van der Waals surface area (Å²) in [6.07, 6.45) is -0.288. The quantitative estimate of drug-likeness (QED) is 0.699. The van der Waals surface area contributed by atoms with Gasteiger partial charge in [0.1, 0.15) is 5.82 Å². The van der Waals surface area contributed by atoms with Gasteiger partial charge >= 0.3 is 0 Å². The number of hydrogen-bond donors (Lipinski definition) is 1. The van der Waals surface area contributed by atoms with Gasteiger partial charge in [-0.2, -0.15) is 0 Å². The summed E-state index contributed by atoms with van der Waals surface area (Å²) in [6, 6.07) is 7.08. The summed E-state index contributed by atoms with van der Waals surface area (Å²) < 4.78 is 24.8. The van der Waals surface area contributed by atoms with Crippen LogP contribution in [-0.4, -0.2) is 32.4 Å². The van der Waals surface area contributed by atoms with Crippen LogP contribution >= 0.6 is 0 Å². The maximum absolute atomic E-state index is 13.8. The lowest BCUT2D eigenvalue weighted by Crippen LogP contribution is -2.30. The Hall–Kier alpha value is -0.970. The summed E-state index contributed by atoms with van der Waals surface area (Å²) >= 11 is 0. The Bertz CT molecular complexity index is 358. The average molecular weight is 269 g/mol. The van der Waals surface area contributed by atoms with Crippen molar-refractivity contribution in [3.8, 4) is 0 Å². The van der Waals surface area contributed by atoms with Crippen LogP contribution in [0.5, 0.6) is 0 Å². The Morgan fingerprint density at radius 2 is 1.95 bits per heavy atom. The first kappa shape index (κ1) is 16.1. The molecule has 0 fully saturated rings. The number of ether oxygens (including phenoxy) is 2. The van der Waals surface area contributed by atoms with Crippen molar-refractivity contribution in [2.75, 3.05) is 26.4 Å². The molecule has 0 amide bonds. The highest BCUT2D eigenvalue weighted by molar-refractivity contribution is 5.20. The van der Waals surface area contributed by atoms with Gasteiger partial charge < -0.3 is 14.8 Å². The summed E-state index contributed by atoms with van der Waals surface area (Å²) in [5.41, 5.74) is 0.590. The molecule has 4 heteroatoms. The first-order chi connectivity index (χ1) is 9.15. The van der Waals surface area contributed by atoms with E-state index < -0.39 is 0 Å². The Labute approximate surface area is 115 Å². The van der Waals surface area contributed by atoms with Gasteiger partial charge in [0.25, 0.3) is 0 Å². The smallest absolute Gasteiger partial charge is 0.129 e. The van der Waals surface area contributed by atoms with Gasteiger partial charge in [-0.15, -0.1) is 0 Å². The first-order valence-corrected chi connectivity index (χ1v) is 6.82. The van der Waals surface area contributed by atoms with Crippen molar-refractivity contribution >= 4 is 0 Å². The van der Waals surface area contributed by atoms with E-state index in [0.717, 1.165) is 0 Å². The van der Waals surface area contributed by atoms with Crippen molar-refractivity contribution in [2.45, 2.75) is 32.9 Å². The number of hydrogen-bond acceptors (Lipinski definition) is 3. The molecular formula is C15H24FNO2. The lowest BCUT2D eigenvalue weighted by molar-refractivity contribution is 0.00475. The highest BCUT2D eigenvalue weighted by Gasteiger charge is 2.16. The average Bonchev–Trinajstić information content (AvgIpc) is 2.39. The minimum atomic E-state index is -0.288. The summed E-state index contributed by atoms with van der Waals surface area (Å²) in [7, 11) is 0. The summed E-state index contributed by atoms with van der Waals surface area (Å²) in [5, 5.41) is 3.28. The van der Waals surface area contributed by atoms with Crippen molar-refractivity contribution in [3.63, 3.8) is 0 Å². The van der Waals surface area contributed by atoms with Crippen molar-refractivity contribution < 1.29 is 13.9 Å². The van der Waals surface area contributed by atoms with Gasteiger partial charge in [-0.05, 0) is 13.0 Å². The molecule has 3 nitrogen and oxygen atoms in total. The number of benzene rings is 1. The fourth-order valence-electron chi connectivity index (χ4n) is 1.73. The van der Waals surface area contributed by atoms with E-state index in [0.29, 0.717) is 38.0 Å². The molecule has 1 aromatic carbocycles. The van der Waals surface area contributed by atoms with Gasteiger partial charge in [0, 0.05) is 24.8 Å². The van der Waals surface area contributed by atoms with Crippen LogP contribution in [0.3, 0.4) is 0 Å². The second kappa shape index (κ2) is 9.02. The Morgan fingerprint density at radius 3 is 2.58 bits per heavy atom. The summed E-state index contributed by atoms with van der Waals surface area (Å²) in [6.45, 7) is 8.30. The van der Waals surface area contributed by atoms with Gasteiger partial charge in [0.15, 0.2) is 0 Å². The molecule has 0 saturated carbocycles. The molecule has 1 unspecified atom stereocenters. The topological polar surface area (TPSA) is 30.5 Å². The van der Waals surface area contributed by atoms with Crippen LogP contribution in [0.1, 0.15) is 32.4 Å². The molecule has 0 saturated heterocycles. The molecule has 0 bridgehead atoms. The molecule has 0 aliphatic rings. The van der Waals surface area contributed by atoms with Crippen molar-refractivity contribution in [2.24, 2.45) is 0 Å². The SMILES string of the molecule is CCOCCOC(CNC(C)C)c1ccccc1F. The van der Waals surface area contributed by atoms with Crippen molar-refractivity contribution in [1.29, 1.82) is 0 Å². The van der Waals surface area contributed by atoms with E-state index in [-0.39, 0.29) is 11.9 Å². The predicted octanol–water partition coefficient (Wildman–Crippen LogP) is 2.92. The molecule has 1 atom stereocenters. The lowest BCUT2D eigenvalue weighted by atomic mass is 10.1. The third-order valence-electron chi connectivity index (χ3n) is 2.71. The zero-order valence-corrected chi connectivity index (χ0v) is 12.0. The third-order valence-corrected chi connectivity index (χ3v) is 2.71. The lowest BCUT2D eigenvalue weighted by Gasteiger charge is -2.21. The Morgan fingerprint density at radius 1 is 1.21 bits per heavy atom. The molecule has 0 spiro atoms. The van der Waals surface area contributed by atoms with E-state index in [1.54, 1.807) is 12.1 Å². The molecule has 1 N–H and O–H groups in total. The molecule has 19 heavy (non-hydrogen) atoms. The van der Waals surface area contributed by atoms with Crippen LogP contribution in [0, 0.1) is 5.82 Å². The molecule has 0 radical (unpaired) electrons. The molecule has 0 aliphatic carbocycles. The van der Waals surface area contributed by atoms with E-state index in [2.05, 4.69) is 19.2 Å².